The summed E-state index contributed by atoms with van der Waals surface area (Å²) >= 11 is 1.66. The normalized spacial score (nSPS) is 12.0. The van der Waals surface area contributed by atoms with Crippen LogP contribution in [-0.4, -0.2) is 37.8 Å². The topological polar surface area (TPSA) is 79.5 Å². The number of carbonyl (C=O) groups excluding carboxylic acids is 1. The second-order valence-corrected chi connectivity index (χ2v) is 7.63. The molecule has 1 amide bonds. The minimum atomic E-state index is -0.437. The Labute approximate surface area is 197 Å². The van der Waals surface area contributed by atoms with E-state index in [9.17, 15) is 13.6 Å². The van der Waals surface area contributed by atoms with Crippen LogP contribution in [0.15, 0.2) is 58.4 Å². The van der Waals surface area contributed by atoms with E-state index in [0.717, 1.165) is 22.6 Å². The highest BCUT2D eigenvalue weighted by atomic mass is 127. The van der Waals surface area contributed by atoms with Crippen molar-refractivity contribution >= 4 is 47.6 Å². The number of carbonyl (C=O) groups is 1. The first kappa shape index (κ1) is 26.2. The Morgan fingerprint density at radius 2 is 1.67 bits per heavy atom. The van der Waals surface area contributed by atoms with Crippen molar-refractivity contribution in [3.05, 3.63) is 65.7 Å². The molecule has 1 unspecified atom stereocenters. The largest absolute Gasteiger partial charge is 0.369 e. The third-order valence-electron chi connectivity index (χ3n) is 4.23. The first-order chi connectivity index (χ1) is 14.0. The molecular formula is C21H27F2IN4OS. The van der Waals surface area contributed by atoms with Gasteiger partial charge in [-0.1, -0.05) is 12.1 Å². The van der Waals surface area contributed by atoms with Gasteiger partial charge in [-0.3, -0.25) is 9.79 Å². The van der Waals surface area contributed by atoms with E-state index in [-0.39, 0.29) is 35.6 Å². The van der Waals surface area contributed by atoms with E-state index >= 15 is 0 Å². The second-order valence-electron chi connectivity index (χ2n) is 6.47. The highest BCUT2D eigenvalue weighted by Crippen LogP contribution is 2.18. The molecule has 4 N–H and O–H groups in total. The highest BCUT2D eigenvalue weighted by Gasteiger charge is 2.16. The van der Waals surface area contributed by atoms with Gasteiger partial charge in [0, 0.05) is 25.0 Å². The number of hydrogen-bond acceptors (Lipinski definition) is 3. The average Bonchev–Trinajstić information content (AvgIpc) is 2.71. The molecule has 2 rings (SSSR count). The van der Waals surface area contributed by atoms with Crippen LogP contribution in [0.5, 0.6) is 0 Å². The molecule has 0 aromatic heterocycles. The summed E-state index contributed by atoms with van der Waals surface area (Å²) in [7, 11) is 1.65. The predicted octanol–water partition coefficient (Wildman–Crippen LogP) is 3.57. The monoisotopic (exact) mass is 548 g/mol. The lowest BCUT2D eigenvalue weighted by Gasteiger charge is -2.17. The molecule has 0 bridgehead atoms. The van der Waals surface area contributed by atoms with Crippen molar-refractivity contribution in [3.63, 3.8) is 0 Å². The van der Waals surface area contributed by atoms with Crippen LogP contribution in [0.1, 0.15) is 12.0 Å². The quantitative estimate of drug-likeness (QED) is 0.140. The molecule has 0 saturated carbocycles. The van der Waals surface area contributed by atoms with E-state index in [1.54, 1.807) is 43.1 Å². The maximum atomic E-state index is 13.0. The zero-order valence-electron chi connectivity index (χ0n) is 16.7. The molecule has 0 aliphatic rings. The van der Waals surface area contributed by atoms with Crippen molar-refractivity contribution in [1.82, 2.24) is 10.6 Å². The van der Waals surface area contributed by atoms with Gasteiger partial charge >= 0.3 is 0 Å². The minimum Gasteiger partial charge on any atom is -0.369 e. The Balaban J connectivity index is 0.00000450. The molecule has 164 valence electrons. The molecular weight excluding hydrogens is 521 g/mol. The Bertz CT molecular complexity index is 804. The van der Waals surface area contributed by atoms with E-state index in [1.807, 2.05) is 0 Å². The fourth-order valence-electron chi connectivity index (χ4n) is 2.62. The molecule has 9 heteroatoms. The maximum Gasteiger partial charge on any atom is 0.222 e. The van der Waals surface area contributed by atoms with Crippen LogP contribution < -0.4 is 16.4 Å². The van der Waals surface area contributed by atoms with E-state index in [0.29, 0.717) is 25.5 Å². The molecule has 0 aliphatic carbocycles. The molecule has 5 nitrogen and oxygen atoms in total. The van der Waals surface area contributed by atoms with E-state index in [2.05, 4.69) is 15.6 Å². The first-order valence-electron chi connectivity index (χ1n) is 9.34. The number of thioether (sulfide) groups is 1. The number of amides is 1. The van der Waals surface area contributed by atoms with Gasteiger partial charge in [-0.15, -0.1) is 35.7 Å². The predicted molar refractivity (Wildman–Crippen MR) is 129 cm³/mol. The smallest absolute Gasteiger partial charge is 0.222 e. The fraction of sp³-hybridized carbons (Fsp3) is 0.333. The first-order valence-corrected chi connectivity index (χ1v) is 10.3. The maximum absolute atomic E-state index is 13.0. The third kappa shape index (κ3) is 9.75. The van der Waals surface area contributed by atoms with Gasteiger partial charge in [0.25, 0.3) is 0 Å². The van der Waals surface area contributed by atoms with E-state index in [4.69, 9.17) is 5.73 Å². The zero-order valence-corrected chi connectivity index (χ0v) is 19.9. The van der Waals surface area contributed by atoms with Crippen LogP contribution in [0.3, 0.4) is 0 Å². The number of guanidine groups is 1. The number of halogens is 3. The summed E-state index contributed by atoms with van der Waals surface area (Å²) in [4.78, 5) is 16.9. The van der Waals surface area contributed by atoms with Crippen molar-refractivity contribution in [1.29, 1.82) is 0 Å². The third-order valence-corrected chi connectivity index (χ3v) is 5.33. The van der Waals surface area contributed by atoms with Gasteiger partial charge < -0.3 is 16.4 Å². The number of nitrogens with one attached hydrogen (secondary N) is 2. The number of nitrogens with zero attached hydrogens (tertiary/aromatic N) is 1. The standard InChI is InChI=1S/C21H26F2N4OS.HI/c1-25-21(26-11-2-12-29-19-9-7-18(23)8-10-19)27-14-16(20(24)28)13-15-3-5-17(22)6-4-15;/h3-10,16H,2,11-14H2,1H3,(H2,24,28)(H2,25,26,27);1H. The number of benzene rings is 2. The second kappa shape index (κ2) is 14.2. The highest BCUT2D eigenvalue weighted by molar-refractivity contribution is 14.0. The molecule has 0 heterocycles. The molecule has 0 fully saturated rings. The Morgan fingerprint density at radius 3 is 2.23 bits per heavy atom. The number of rotatable bonds is 10. The lowest BCUT2D eigenvalue weighted by atomic mass is 9.98. The number of aliphatic imine (C=N–C) groups is 1. The Hall–Kier alpha value is -1.88. The molecule has 0 spiro atoms. The van der Waals surface area contributed by atoms with E-state index < -0.39 is 11.8 Å². The van der Waals surface area contributed by atoms with Gasteiger partial charge in [-0.25, -0.2) is 8.78 Å². The van der Waals surface area contributed by atoms with Crippen LogP contribution >= 0.6 is 35.7 Å². The van der Waals surface area contributed by atoms with Crippen molar-refractivity contribution in [2.45, 2.75) is 17.7 Å². The van der Waals surface area contributed by atoms with Gasteiger partial charge in [0.2, 0.25) is 5.91 Å². The average molecular weight is 548 g/mol. The van der Waals surface area contributed by atoms with Crippen LogP contribution in [-0.2, 0) is 11.2 Å². The van der Waals surface area contributed by atoms with Crippen LogP contribution in [0.2, 0.25) is 0 Å². The summed E-state index contributed by atoms with van der Waals surface area (Å²) in [6.07, 6.45) is 1.31. The molecule has 2 aromatic rings. The van der Waals surface area contributed by atoms with Crippen molar-refractivity contribution in [2.24, 2.45) is 16.6 Å². The zero-order chi connectivity index (χ0) is 21.1. The van der Waals surface area contributed by atoms with Gasteiger partial charge in [-0.2, -0.15) is 0 Å². The molecule has 0 radical (unpaired) electrons. The lowest BCUT2D eigenvalue weighted by Crippen LogP contribution is -2.43. The van der Waals surface area contributed by atoms with Gasteiger partial charge in [-0.05, 0) is 60.6 Å². The molecule has 2 aromatic carbocycles. The van der Waals surface area contributed by atoms with Gasteiger partial charge in [0.05, 0.1) is 5.92 Å². The Kier molecular flexibility index (Phi) is 12.4. The summed E-state index contributed by atoms with van der Waals surface area (Å²) in [6.45, 7) is 1.03. The summed E-state index contributed by atoms with van der Waals surface area (Å²) in [5.74, 6) is 0.0526. The molecule has 30 heavy (non-hydrogen) atoms. The minimum absolute atomic E-state index is 0. The SMILES string of the molecule is CN=C(NCCCSc1ccc(F)cc1)NCC(Cc1ccc(F)cc1)C(N)=O.I. The summed E-state index contributed by atoms with van der Waals surface area (Å²) in [5.41, 5.74) is 6.35. The number of hydrogen-bond donors (Lipinski definition) is 3. The van der Waals surface area contributed by atoms with E-state index in [1.165, 1.54) is 24.3 Å². The molecule has 0 saturated heterocycles. The fourth-order valence-corrected chi connectivity index (χ4v) is 3.47. The van der Waals surface area contributed by atoms with Crippen molar-refractivity contribution in [2.75, 3.05) is 25.9 Å². The Morgan fingerprint density at radius 1 is 1.07 bits per heavy atom. The number of primary amides is 1. The molecule has 1 atom stereocenters. The van der Waals surface area contributed by atoms with Crippen molar-refractivity contribution < 1.29 is 13.6 Å². The van der Waals surface area contributed by atoms with Gasteiger partial charge in [0.1, 0.15) is 11.6 Å². The van der Waals surface area contributed by atoms with Crippen molar-refractivity contribution in [3.8, 4) is 0 Å². The number of nitrogens with two attached hydrogens (primary N) is 1. The summed E-state index contributed by atoms with van der Waals surface area (Å²) in [5, 5.41) is 6.31. The lowest BCUT2D eigenvalue weighted by molar-refractivity contribution is -0.121. The van der Waals surface area contributed by atoms with Crippen LogP contribution in [0, 0.1) is 17.6 Å². The summed E-state index contributed by atoms with van der Waals surface area (Å²) < 4.78 is 25.9. The van der Waals surface area contributed by atoms with Crippen LogP contribution in [0.4, 0.5) is 8.78 Å². The summed E-state index contributed by atoms with van der Waals surface area (Å²) in [6, 6.07) is 12.5. The van der Waals surface area contributed by atoms with Gasteiger partial charge in [0.15, 0.2) is 5.96 Å². The molecule has 0 aliphatic heterocycles. The van der Waals surface area contributed by atoms with Crippen LogP contribution in [0.25, 0.3) is 0 Å².